The highest BCUT2D eigenvalue weighted by Gasteiger charge is 2.11. The Kier molecular flexibility index (Phi) is 6.81. The van der Waals surface area contributed by atoms with Crippen LogP contribution in [0.25, 0.3) is 11.6 Å². The fraction of sp³-hybridized carbons (Fsp3) is 0.200. The average molecular weight is 415 g/mol. The SMILES string of the molecule is CCOc1cc(OCC)c(/C=C(/C#N)c2ccc(C(=O)[O-])cc2)cc1Br. The molecule has 0 atom stereocenters. The molecule has 0 aliphatic rings. The molecule has 0 amide bonds. The number of halogens is 1. The van der Waals surface area contributed by atoms with Gasteiger partial charge in [-0.25, -0.2) is 0 Å². The minimum atomic E-state index is -1.26. The summed E-state index contributed by atoms with van der Waals surface area (Å²) < 4.78 is 12.0. The number of carboxylic acid groups (broad SMARTS) is 1. The fourth-order valence-electron chi connectivity index (χ4n) is 2.33. The summed E-state index contributed by atoms with van der Waals surface area (Å²) in [7, 11) is 0. The molecule has 0 saturated carbocycles. The maximum atomic E-state index is 10.9. The van der Waals surface area contributed by atoms with Crippen molar-refractivity contribution in [1.29, 1.82) is 5.26 Å². The Morgan fingerprint density at radius 3 is 2.23 bits per heavy atom. The normalized spacial score (nSPS) is 10.9. The van der Waals surface area contributed by atoms with E-state index in [0.717, 1.165) is 4.47 Å². The molecule has 2 rings (SSSR count). The molecule has 2 aromatic rings. The van der Waals surface area contributed by atoms with E-state index in [2.05, 4.69) is 22.0 Å². The summed E-state index contributed by atoms with van der Waals surface area (Å²) >= 11 is 3.46. The van der Waals surface area contributed by atoms with Gasteiger partial charge in [0.25, 0.3) is 0 Å². The van der Waals surface area contributed by atoms with Crippen LogP contribution in [0, 0.1) is 11.3 Å². The van der Waals surface area contributed by atoms with E-state index < -0.39 is 5.97 Å². The van der Waals surface area contributed by atoms with Crippen molar-refractivity contribution in [1.82, 2.24) is 0 Å². The third kappa shape index (κ3) is 4.64. The number of nitrogens with zero attached hydrogens (tertiary/aromatic N) is 1. The van der Waals surface area contributed by atoms with Gasteiger partial charge in [0.15, 0.2) is 0 Å². The number of ether oxygens (including phenoxy) is 2. The lowest BCUT2D eigenvalue weighted by Gasteiger charge is -2.13. The second-order valence-corrected chi connectivity index (χ2v) is 6.08. The van der Waals surface area contributed by atoms with E-state index in [1.165, 1.54) is 12.1 Å². The van der Waals surface area contributed by atoms with Gasteiger partial charge in [-0.15, -0.1) is 0 Å². The molecule has 2 aromatic carbocycles. The van der Waals surface area contributed by atoms with Crippen LogP contribution >= 0.6 is 15.9 Å². The van der Waals surface area contributed by atoms with Gasteiger partial charge in [-0.05, 0) is 53.0 Å². The van der Waals surface area contributed by atoms with Gasteiger partial charge in [0.2, 0.25) is 0 Å². The van der Waals surface area contributed by atoms with Gasteiger partial charge in [-0.1, -0.05) is 24.3 Å². The Morgan fingerprint density at radius 2 is 1.69 bits per heavy atom. The molecular weight excluding hydrogens is 398 g/mol. The Labute approximate surface area is 160 Å². The highest BCUT2D eigenvalue weighted by Crippen LogP contribution is 2.35. The summed E-state index contributed by atoms with van der Waals surface area (Å²) in [6.07, 6.45) is 1.69. The van der Waals surface area contributed by atoms with Gasteiger partial charge in [-0.3, -0.25) is 0 Å². The number of hydrogen-bond donors (Lipinski definition) is 0. The molecule has 0 aliphatic heterocycles. The monoisotopic (exact) mass is 414 g/mol. The van der Waals surface area contributed by atoms with Gasteiger partial charge < -0.3 is 19.4 Å². The minimum Gasteiger partial charge on any atom is -0.545 e. The van der Waals surface area contributed by atoms with Crippen LogP contribution in [0.15, 0.2) is 40.9 Å². The van der Waals surface area contributed by atoms with Gasteiger partial charge >= 0.3 is 0 Å². The first-order chi connectivity index (χ1) is 12.5. The lowest BCUT2D eigenvalue weighted by atomic mass is 10.0. The quantitative estimate of drug-likeness (QED) is 0.509. The molecule has 0 radical (unpaired) electrons. The standard InChI is InChI=1S/C20H18BrNO4/c1-3-25-18-11-19(26-4-2)17(21)10-15(18)9-16(12-22)13-5-7-14(8-6-13)20(23)24/h5-11H,3-4H2,1-2H3,(H,23,24)/p-1/b16-9-. The van der Waals surface area contributed by atoms with Crippen LogP contribution < -0.4 is 14.6 Å². The number of carbonyl (C=O) groups is 1. The molecule has 0 aromatic heterocycles. The third-order valence-electron chi connectivity index (χ3n) is 3.52. The molecule has 0 N–H and O–H groups in total. The molecule has 0 saturated heterocycles. The second-order valence-electron chi connectivity index (χ2n) is 5.22. The van der Waals surface area contributed by atoms with Crippen molar-refractivity contribution in [3.05, 3.63) is 57.6 Å². The van der Waals surface area contributed by atoms with Crippen LogP contribution in [0.2, 0.25) is 0 Å². The van der Waals surface area contributed by atoms with Gasteiger partial charge in [0.05, 0.1) is 35.3 Å². The van der Waals surface area contributed by atoms with E-state index >= 15 is 0 Å². The zero-order valence-electron chi connectivity index (χ0n) is 14.4. The highest BCUT2D eigenvalue weighted by molar-refractivity contribution is 9.10. The number of rotatable bonds is 7. The fourth-order valence-corrected chi connectivity index (χ4v) is 2.81. The number of nitriles is 1. The highest BCUT2D eigenvalue weighted by atomic mass is 79.9. The molecule has 0 spiro atoms. The van der Waals surface area contributed by atoms with E-state index in [1.807, 2.05) is 19.9 Å². The van der Waals surface area contributed by atoms with Crippen molar-refractivity contribution in [2.24, 2.45) is 0 Å². The Morgan fingerprint density at radius 1 is 1.12 bits per heavy atom. The Bertz CT molecular complexity index is 867. The van der Waals surface area contributed by atoms with Crippen molar-refractivity contribution >= 4 is 33.5 Å². The summed E-state index contributed by atoms with van der Waals surface area (Å²) in [5.74, 6) is -0.00344. The summed E-state index contributed by atoms with van der Waals surface area (Å²) in [6.45, 7) is 4.76. The maximum Gasteiger partial charge on any atom is 0.137 e. The number of aromatic carboxylic acids is 1. The van der Waals surface area contributed by atoms with Crippen LogP contribution in [0.4, 0.5) is 0 Å². The first-order valence-electron chi connectivity index (χ1n) is 8.02. The molecule has 0 fully saturated rings. The van der Waals surface area contributed by atoms with Crippen LogP contribution in [0.1, 0.15) is 35.3 Å². The van der Waals surface area contributed by atoms with Crippen molar-refractivity contribution < 1.29 is 19.4 Å². The molecular formula is C20H17BrNO4-. The number of hydrogen-bond acceptors (Lipinski definition) is 5. The van der Waals surface area contributed by atoms with Crippen LogP contribution in [0.5, 0.6) is 11.5 Å². The van der Waals surface area contributed by atoms with E-state index in [0.29, 0.717) is 41.4 Å². The lowest BCUT2D eigenvalue weighted by Crippen LogP contribution is -2.21. The maximum absolute atomic E-state index is 10.9. The molecule has 6 heteroatoms. The number of carbonyl (C=O) groups excluding carboxylic acids is 1. The Hall–Kier alpha value is -2.78. The van der Waals surface area contributed by atoms with Crippen LogP contribution in [0.3, 0.4) is 0 Å². The summed E-state index contributed by atoms with van der Waals surface area (Å²) in [5, 5.41) is 20.4. The van der Waals surface area contributed by atoms with Crippen molar-refractivity contribution in [3.63, 3.8) is 0 Å². The van der Waals surface area contributed by atoms with E-state index in [9.17, 15) is 15.2 Å². The van der Waals surface area contributed by atoms with E-state index in [-0.39, 0.29) is 5.56 Å². The molecule has 0 unspecified atom stereocenters. The number of benzene rings is 2. The summed E-state index contributed by atoms with van der Waals surface area (Å²) in [5.41, 5.74) is 1.75. The van der Waals surface area contributed by atoms with Gasteiger partial charge in [0, 0.05) is 11.6 Å². The predicted molar refractivity (Wildman–Crippen MR) is 101 cm³/mol. The first-order valence-corrected chi connectivity index (χ1v) is 8.82. The van der Waals surface area contributed by atoms with Crippen molar-refractivity contribution in [2.75, 3.05) is 13.2 Å². The number of carboxylic acids is 1. The zero-order valence-corrected chi connectivity index (χ0v) is 16.0. The van der Waals surface area contributed by atoms with E-state index in [4.69, 9.17) is 9.47 Å². The van der Waals surface area contributed by atoms with Gasteiger partial charge in [-0.2, -0.15) is 5.26 Å². The molecule has 0 bridgehead atoms. The first kappa shape index (κ1) is 19.5. The van der Waals surface area contributed by atoms with E-state index in [1.54, 1.807) is 24.3 Å². The average Bonchev–Trinajstić information content (AvgIpc) is 2.63. The molecule has 134 valence electrons. The van der Waals surface area contributed by atoms with Crippen LogP contribution in [-0.2, 0) is 0 Å². The third-order valence-corrected chi connectivity index (χ3v) is 4.14. The van der Waals surface area contributed by atoms with Gasteiger partial charge in [0.1, 0.15) is 11.5 Å². The van der Waals surface area contributed by atoms with Crippen LogP contribution in [-0.4, -0.2) is 19.2 Å². The van der Waals surface area contributed by atoms with Crippen molar-refractivity contribution in [3.8, 4) is 17.6 Å². The number of allylic oxidation sites excluding steroid dienone is 1. The smallest absolute Gasteiger partial charge is 0.137 e. The topological polar surface area (TPSA) is 82.4 Å². The zero-order chi connectivity index (χ0) is 19.1. The molecule has 26 heavy (non-hydrogen) atoms. The minimum absolute atomic E-state index is 0.0601. The van der Waals surface area contributed by atoms with Crippen molar-refractivity contribution in [2.45, 2.75) is 13.8 Å². The Balaban J connectivity index is 2.48. The molecule has 5 nitrogen and oxygen atoms in total. The lowest BCUT2D eigenvalue weighted by molar-refractivity contribution is -0.255. The molecule has 0 heterocycles. The predicted octanol–water partition coefficient (Wildman–Crippen LogP) is 3.67. The second kappa shape index (κ2) is 9.07. The summed E-state index contributed by atoms with van der Waals surface area (Å²) in [6, 6.07) is 11.7. The largest absolute Gasteiger partial charge is 0.545 e. The molecule has 0 aliphatic carbocycles. The summed E-state index contributed by atoms with van der Waals surface area (Å²) in [4.78, 5) is 10.9.